The highest BCUT2D eigenvalue weighted by molar-refractivity contribution is 7.84. The molecule has 0 atom stereocenters. The molecule has 0 aliphatic rings. The average molecular weight is 151 g/mol. The number of hydrogen-bond donors (Lipinski definition) is 2. The Morgan fingerprint density at radius 3 is 2.50 bits per heavy atom. The topological polar surface area (TPSA) is 24.4 Å². The van der Waals surface area contributed by atoms with Crippen LogP contribution >= 0.6 is 24.2 Å². The Hall–Kier alpha value is -0.150. The van der Waals surface area contributed by atoms with E-state index in [2.05, 4.69) is 29.5 Å². The number of rotatable bonds is 1. The summed E-state index contributed by atoms with van der Waals surface area (Å²) in [5, 5.41) is 3.29. The second-order valence-electron chi connectivity index (χ2n) is 1.07. The van der Waals surface area contributed by atoms with Gasteiger partial charge in [-0.1, -0.05) is 6.58 Å². The van der Waals surface area contributed by atoms with Crippen LogP contribution in [-0.4, -0.2) is 12.3 Å². The van der Waals surface area contributed by atoms with Crippen molar-refractivity contribution in [3.63, 3.8) is 0 Å². The molecule has 0 heterocycles. The van der Waals surface area contributed by atoms with E-state index in [9.17, 15) is 0 Å². The molecule has 0 rings (SSSR count). The van der Waals surface area contributed by atoms with Crippen molar-refractivity contribution in [3.8, 4) is 0 Å². The molecule has 0 unspecified atom stereocenters. The number of nitrogens with zero attached hydrogens (tertiary/aromatic N) is 1. The highest BCUT2D eigenvalue weighted by Gasteiger charge is 1.84. The van der Waals surface area contributed by atoms with Crippen molar-refractivity contribution in [3.05, 3.63) is 11.6 Å². The number of amidine groups is 1. The minimum Gasteiger partial charge on any atom is -0.363 e. The fourth-order valence-corrected chi connectivity index (χ4v) is 0.430. The molecule has 0 aromatic carbocycles. The molecule has 0 saturated heterocycles. The molecular weight excluding hydrogens is 144 g/mol. The molecule has 0 bridgehead atoms. The van der Waals surface area contributed by atoms with Crippen molar-refractivity contribution in [2.45, 2.75) is 0 Å². The first-order valence-corrected chi connectivity index (χ1v) is 2.79. The summed E-state index contributed by atoms with van der Waals surface area (Å²) >= 11 is 9.17. The van der Waals surface area contributed by atoms with Gasteiger partial charge in [0.2, 0.25) is 0 Å². The summed E-state index contributed by atoms with van der Waals surface area (Å²) in [5.41, 5.74) is 0. The zero-order valence-corrected chi connectivity index (χ0v) is 6.13. The highest BCUT2D eigenvalue weighted by atomic mass is 35.5. The van der Waals surface area contributed by atoms with E-state index >= 15 is 0 Å². The number of halogens is 1. The maximum absolute atomic E-state index is 5.39. The quantitative estimate of drug-likeness (QED) is 0.250. The molecule has 0 radical (unpaired) electrons. The Balaban J connectivity index is 3.75. The van der Waals surface area contributed by atoms with Crippen molar-refractivity contribution >= 4 is 29.5 Å². The van der Waals surface area contributed by atoms with E-state index in [4.69, 9.17) is 11.6 Å². The minimum atomic E-state index is 0.296. The van der Waals surface area contributed by atoms with Crippen LogP contribution in [0.3, 0.4) is 0 Å². The van der Waals surface area contributed by atoms with Crippen LogP contribution < -0.4 is 5.32 Å². The molecule has 0 aliphatic carbocycles. The molecule has 0 aromatic rings. The molecule has 0 amide bonds. The zero-order chi connectivity index (χ0) is 6.57. The van der Waals surface area contributed by atoms with Gasteiger partial charge in [-0.3, -0.25) is 0 Å². The van der Waals surface area contributed by atoms with Crippen LogP contribution in [0.25, 0.3) is 0 Å². The van der Waals surface area contributed by atoms with Crippen LogP contribution in [0.15, 0.2) is 16.6 Å². The number of aliphatic imine (C=N–C) groups is 1. The molecule has 0 saturated carbocycles. The van der Waals surface area contributed by atoms with Gasteiger partial charge in [0.1, 0.15) is 0 Å². The van der Waals surface area contributed by atoms with Crippen molar-refractivity contribution in [1.82, 2.24) is 5.32 Å². The van der Waals surface area contributed by atoms with Gasteiger partial charge in [-0.05, 0) is 11.6 Å². The minimum absolute atomic E-state index is 0.296. The summed E-state index contributed by atoms with van der Waals surface area (Å²) in [7, 11) is 1.67. The largest absolute Gasteiger partial charge is 0.363 e. The highest BCUT2D eigenvalue weighted by Crippen LogP contribution is 1.97. The van der Waals surface area contributed by atoms with Crippen LogP contribution in [0.1, 0.15) is 0 Å². The lowest BCUT2D eigenvalue weighted by Crippen LogP contribution is -2.10. The van der Waals surface area contributed by atoms with Gasteiger partial charge in [-0.2, -0.15) is 0 Å². The van der Waals surface area contributed by atoms with E-state index in [1.54, 1.807) is 7.05 Å². The molecule has 0 spiro atoms. The molecule has 0 aliphatic heterocycles. The molecule has 2 nitrogen and oxygen atoms in total. The predicted octanol–water partition coefficient (Wildman–Crippen LogP) is 1.20. The first kappa shape index (κ1) is 7.85. The summed E-state index contributed by atoms with van der Waals surface area (Å²) in [6.45, 7) is 3.40. The Morgan fingerprint density at radius 2 is 2.38 bits per heavy atom. The van der Waals surface area contributed by atoms with Gasteiger partial charge in [0, 0.05) is 7.05 Å². The molecule has 0 fully saturated rings. The van der Waals surface area contributed by atoms with Crippen molar-refractivity contribution in [2.75, 3.05) is 7.05 Å². The van der Waals surface area contributed by atoms with Gasteiger partial charge < -0.3 is 5.32 Å². The zero-order valence-electron chi connectivity index (χ0n) is 4.48. The van der Waals surface area contributed by atoms with Gasteiger partial charge in [0.05, 0.1) is 5.03 Å². The maximum atomic E-state index is 5.39. The van der Waals surface area contributed by atoms with Crippen LogP contribution in [0.5, 0.6) is 0 Å². The SMILES string of the molecule is C=C(S)/N=C(/Cl)NC. The number of nitrogens with one attached hydrogen (secondary N) is 1. The average Bonchev–Trinajstić information content (AvgIpc) is 1.65. The normalized spacial score (nSPS) is 11.1. The number of thiol groups is 1. The van der Waals surface area contributed by atoms with E-state index in [-0.39, 0.29) is 0 Å². The predicted molar refractivity (Wildman–Crippen MR) is 40.5 cm³/mol. The maximum Gasteiger partial charge on any atom is 0.196 e. The summed E-state index contributed by atoms with van der Waals surface area (Å²) < 4.78 is 0. The molecule has 4 heteroatoms. The smallest absolute Gasteiger partial charge is 0.196 e. The van der Waals surface area contributed by atoms with E-state index in [1.165, 1.54) is 0 Å². The molecular formula is C4H7ClN2S. The van der Waals surface area contributed by atoms with Gasteiger partial charge in [-0.15, -0.1) is 12.6 Å². The standard InChI is InChI=1S/C4H7ClN2S/c1-3(8)7-4(5)6-2/h8H,1H2,2H3,(H,6,7). The van der Waals surface area contributed by atoms with Gasteiger partial charge >= 0.3 is 0 Å². The van der Waals surface area contributed by atoms with Gasteiger partial charge in [0.15, 0.2) is 5.29 Å². The molecule has 8 heavy (non-hydrogen) atoms. The number of hydrogen-bond acceptors (Lipinski definition) is 2. The lowest BCUT2D eigenvalue weighted by Gasteiger charge is -1.91. The second kappa shape index (κ2) is 3.80. The lowest BCUT2D eigenvalue weighted by atomic mass is 11.0. The van der Waals surface area contributed by atoms with Crippen molar-refractivity contribution in [1.29, 1.82) is 0 Å². The lowest BCUT2D eigenvalue weighted by molar-refractivity contribution is 1.19. The fraction of sp³-hybridized carbons (Fsp3) is 0.250. The van der Waals surface area contributed by atoms with E-state index in [0.717, 1.165) is 0 Å². The van der Waals surface area contributed by atoms with E-state index in [1.807, 2.05) is 0 Å². The Kier molecular flexibility index (Phi) is 3.73. The third-order valence-electron chi connectivity index (χ3n) is 0.434. The van der Waals surface area contributed by atoms with Crippen LogP contribution in [-0.2, 0) is 0 Å². The summed E-state index contributed by atoms with van der Waals surface area (Å²) in [4.78, 5) is 3.64. The summed E-state index contributed by atoms with van der Waals surface area (Å²) in [6.07, 6.45) is 0. The molecule has 1 N–H and O–H groups in total. The van der Waals surface area contributed by atoms with Crippen LogP contribution in [0.2, 0.25) is 0 Å². The van der Waals surface area contributed by atoms with Crippen LogP contribution in [0.4, 0.5) is 0 Å². The van der Waals surface area contributed by atoms with Crippen molar-refractivity contribution < 1.29 is 0 Å². The molecule has 46 valence electrons. The van der Waals surface area contributed by atoms with Crippen molar-refractivity contribution in [2.24, 2.45) is 4.99 Å². The van der Waals surface area contributed by atoms with Gasteiger partial charge in [0.25, 0.3) is 0 Å². The summed E-state index contributed by atoms with van der Waals surface area (Å²) in [6, 6.07) is 0. The first-order valence-electron chi connectivity index (χ1n) is 1.96. The molecule has 0 aromatic heterocycles. The van der Waals surface area contributed by atoms with E-state index < -0.39 is 0 Å². The Labute approximate surface area is 59.0 Å². The van der Waals surface area contributed by atoms with Crippen LogP contribution in [0, 0.1) is 0 Å². The third-order valence-corrected chi connectivity index (χ3v) is 0.807. The second-order valence-corrected chi connectivity index (χ2v) is 1.94. The monoisotopic (exact) mass is 150 g/mol. The Bertz CT molecular complexity index is 121. The third kappa shape index (κ3) is 4.02. The Morgan fingerprint density at radius 1 is 1.88 bits per heavy atom. The van der Waals surface area contributed by atoms with Gasteiger partial charge in [-0.25, -0.2) is 4.99 Å². The first-order chi connectivity index (χ1) is 3.66. The summed E-state index contributed by atoms with van der Waals surface area (Å²) in [5.74, 6) is 0. The fourth-order valence-electron chi connectivity index (χ4n) is 0.169. The van der Waals surface area contributed by atoms with E-state index in [0.29, 0.717) is 10.3 Å².